The number of nitrogens with zero attached hydrogens (tertiary/aromatic N) is 1. The number of carbonyl (C=O) groups is 2. The van der Waals surface area contributed by atoms with Crippen molar-refractivity contribution in [3.8, 4) is 23.0 Å². The number of methoxy groups -OCH3 is 4. The molecule has 1 N–H and O–H groups in total. The van der Waals surface area contributed by atoms with E-state index in [-0.39, 0.29) is 23.7 Å². The van der Waals surface area contributed by atoms with Crippen LogP contribution in [0.1, 0.15) is 34.7 Å². The molecular weight excluding hydrogens is 436 g/mol. The van der Waals surface area contributed by atoms with Gasteiger partial charge in [-0.05, 0) is 60.7 Å². The van der Waals surface area contributed by atoms with Crippen LogP contribution in [0.15, 0.2) is 36.4 Å². The van der Waals surface area contributed by atoms with E-state index in [1.807, 2.05) is 12.1 Å². The molecule has 2 aromatic rings. The standard InChI is InChI=1S/C26H32N2O6/c1-31-19-9-7-17(8-10-19)26(30)28-14-20(21(15-28)25(29)27-13-16-5-6-16)18-11-22(32-2)24(34-4)23(12-18)33-3/h7-12,16,20-21H,5-6,13-15H2,1-4H3,(H,27,29). The van der Waals surface area contributed by atoms with Crippen LogP contribution >= 0.6 is 0 Å². The zero-order valence-corrected chi connectivity index (χ0v) is 20.1. The number of hydrogen-bond donors (Lipinski definition) is 1. The SMILES string of the molecule is COc1ccc(C(=O)N2CC(C(=O)NCC3CC3)C(c3cc(OC)c(OC)c(OC)c3)C2)cc1. The molecule has 2 aliphatic rings. The Balaban J connectivity index is 1.63. The van der Waals surface area contributed by atoms with Gasteiger partial charge in [0.1, 0.15) is 5.75 Å². The quantitative estimate of drug-likeness (QED) is 0.609. The van der Waals surface area contributed by atoms with E-state index >= 15 is 0 Å². The topological polar surface area (TPSA) is 86.3 Å². The number of benzene rings is 2. The molecule has 182 valence electrons. The molecule has 34 heavy (non-hydrogen) atoms. The van der Waals surface area contributed by atoms with E-state index in [9.17, 15) is 9.59 Å². The Labute approximate surface area is 200 Å². The van der Waals surface area contributed by atoms with E-state index in [0.717, 1.165) is 18.4 Å². The third-order valence-corrected chi connectivity index (χ3v) is 6.66. The summed E-state index contributed by atoms with van der Waals surface area (Å²) in [7, 11) is 6.27. The van der Waals surface area contributed by atoms with E-state index in [4.69, 9.17) is 18.9 Å². The Morgan fingerprint density at radius 3 is 2.09 bits per heavy atom. The van der Waals surface area contributed by atoms with Gasteiger partial charge in [-0.1, -0.05) is 0 Å². The van der Waals surface area contributed by atoms with Gasteiger partial charge in [0.15, 0.2) is 11.5 Å². The first-order chi connectivity index (χ1) is 16.5. The fraction of sp³-hybridized carbons (Fsp3) is 0.462. The summed E-state index contributed by atoms with van der Waals surface area (Å²) in [6.45, 7) is 1.43. The van der Waals surface area contributed by atoms with Crippen LogP contribution in [-0.2, 0) is 4.79 Å². The molecule has 2 unspecified atom stereocenters. The predicted molar refractivity (Wildman–Crippen MR) is 127 cm³/mol. The number of hydrogen-bond acceptors (Lipinski definition) is 6. The highest BCUT2D eigenvalue weighted by atomic mass is 16.5. The zero-order valence-electron chi connectivity index (χ0n) is 20.1. The number of amides is 2. The lowest BCUT2D eigenvalue weighted by Crippen LogP contribution is -2.36. The van der Waals surface area contributed by atoms with Crippen molar-refractivity contribution in [1.82, 2.24) is 10.2 Å². The number of nitrogens with one attached hydrogen (secondary N) is 1. The molecule has 1 aliphatic heterocycles. The number of likely N-dealkylation sites (tertiary alicyclic amines) is 1. The summed E-state index contributed by atoms with van der Waals surface area (Å²) in [4.78, 5) is 28.3. The summed E-state index contributed by atoms with van der Waals surface area (Å²) in [5, 5.41) is 3.10. The van der Waals surface area contributed by atoms with Crippen LogP contribution in [0.3, 0.4) is 0 Å². The molecule has 0 bridgehead atoms. The number of rotatable bonds is 9. The van der Waals surface area contributed by atoms with Gasteiger partial charge in [0.25, 0.3) is 5.91 Å². The summed E-state index contributed by atoms with van der Waals surface area (Å²) >= 11 is 0. The molecule has 2 amide bonds. The highest BCUT2D eigenvalue weighted by Crippen LogP contribution is 2.43. The first-order valence-corrected chi connectivity index (χ1v) is 11.5. The summed E-state index contributed by atoms with van der Waals surface area (Å²) < 4.78 is 21.7. The van der Waals surface area contributed by atoms with Crippen LogP contribution in [0.4, 0.5) is 0 Å². The third-order valence-electron chi connectivity index (χ3n) is 6.66. The van der Waals surface area contributed by atoms with E-state index in [1.54, 1.807) is 57.6 Å². The molecule has 1 heterocycles. The lowest BCUT2D eigenvalue weighted by Gasteiger charge is -2.21. The molecule has 8 heteroatoms. The molecule has 2 aromatic carbocycles. The lowest BCUT2D eigenvalue weighted by molar-refractivity contribution is -0.125. The maximum atomic E-state index is 13.3. The van der Waals surface area contributed by atoms with Gasteiger partial charge in [-0.3, -0.25) is 9.59 Å². The molecular formula is C26H32N2O6. The Morgan fingerprint density at radius 2 is 1.56 bits per heavy atom. The Bertz CT molecular complexity index is 1010. The summed E-state index contributed by atoms with van der Waals surface area (Å²) in [6.07, 6.45) is 2.31. The van der Waals surface area contributed by atoms with Gasteiger partial charge in [0, 0.05) is 31.1 Å². The minimum atomic E-state index is -0.385. The highest BCUT2D eigenvalue weighted by molar-refractivity contribution is 5.95. The van der Waals surface area contributed by atoms with E-state index in [2.05, 4.69) is 5.32 Å². The molecule has 8 nitrogen and oxygen atoms in total. The van der Waals surface area contributed by atoms with Crippen LogP contribution in [-0.4, -0.2) is 64.8 Å². The van der Waals surface area contributed by atoms with E-state index in [1.165, 1.54) is 0 Å². The normalized spacial score (nSPS) is 19.5. The van der Waals surface area contributed by atoms with Crippen LogP contribution < -0.4 is 24.3 Å². The summed E-state index contributed by atoms with van der Waals surface area (Å²) in [6, 6.07) is 10.8. The molecule has 0 radical (unpaired) electrons. The smallest absolute Gasteiger partial charge is 0.253 e. The Hall–Kier alpha value is -3.42. The van der Waals surface area contributed by atoms with Gasteiger partial charge in [0.05, 0.1) is 34.4 Å². The van der Waals surface area contributed by atoms with Crippen molar-refractivity contribution in [1.29, 1.82) is 0 Å². The number of ether oxygens (including phenoxy) is 4. The second-order valence-corrected chi connectivity index (χ2v) is 8.80. The Morgan fingerprint density at radius 1 is 0.912 bits per heavy atom. The molecule has 2 fully saturated rings. The van der Waals surface area contributed by atoms with Gasteiger partial charge >= 0.3 is 0 Å². The molecule has 0 spiro atoms. The largest absolute Gasteiger partial charge is 0.497 e. The third kappa shape index (κ3) is 4.90. The fourth-order valence-electron chi connectivity index (χ4n) is 4.50. The van der Waals surface area contributed by atoms with Crippen molar-refractivity contribution in [2.75, 3.05) is 48.1 Å². The maximum Gasteiger partial charge on any atom is 0.253 e. The maximum absolute atomic E-state index is 13.3. The summed E-state index contributed by atoms with van der Waals surface area (Å²) in [5.41, 5.74) is 1.43. The molecule has 1 aliphatic carbocycles. The van der Waals surface area contributed by atoms with Crippen molar-refractivity contribution >= 4 is 11.8 Å². The lowest BCUT2D eigenvalue weighted by atomic mass is 9.88. The van der Waals surface area contributed by atoms with Crippen molar-refractivity contribution in [3.05, 3.63) is 47.5 Å². The first-order valence-electron chi connectivity index (χ1n) is 11.5. The van der Waals surface area contributed by atoms with E-state index < -0.39 is 0 Å². The van der Waals surface area contributed by atoms with Crippen LogP contribution in [0, 0.1) is 11.8 Å². The molecule has 2 atom stereocenters. The highest BCUT2D eigenvalue weighted by Gasteiger charge is 2.41. The Kier molecular flexibility index (Phi) is 7.14. The molecule has 4 rings (SSSR count). The van der Waals surface area contributed by atoms with Crippen LogP contribution in [0.2, 0.25) is 0 Å². The first kappa shape index (κ1) is 23.7. The summed E-state index contributed by atoms with van der Waals surface area (Å²) in [5.74, 6) is 2.05. The monoisotopic (exact) mass is 468 g/mol. The van der Waals surface area contributed by atoms with Gasteiger partial charge in [0.2, 0.25) is 11.7 Å². The average molecular weight is 469 g/mol. The average Bonchev–Trinajstić information content (AvgIpc) is 3.61. The second-order valence-electron chi connectivity index (χ2n) is 8.80. The van der Waals surface area contributed by atoms with Crippen molar-refractivity contribution in [3.63, 3.8) is 0 Å². The second kappa shape index (κ2) is 10.2. The number of carbonyl (C=O) groups excluding carboxylic acids is 2. The van der Waals surface area contributed by atoms with Crippen LogP contribution in [0.25, 0.3) is 0 Å². The minimum Gasteiger partial charge on any atom is -0.497 e. The van der Waals surface area contributed by atoms with Gasteiger partial charge < -0.3 is 29.2 Å². The van der Waals surface area contributed by atoms with Crippen molar-refractivity contribution < 1.29 is 28.5 Å². The van der Waals surface area contributed by atoms with Crippen LogP contribution in [0.5, 0.6) is 23.0 Å². The predicted octanol–water partition coefficient (Wildman–Crippen LogP) is 3.10. The van der Waals surface area contributed by atoms with Crippen molar-refractivity contribution in [2.45, 2.75) is 18.8 Å². The minimum absolute atomic E-state index is 0.0318. The van der Waals surface area contributed by atoms with Gasteiger partial charge in [-0.25, -0.2) is 0 Å². The van der Waals surface area contributed by atoms with Crippen molar-refractivity contribution in [2.24, 2.45) is 11.8 Å². The molecule has 0 aromatic heterocycles. The molecule has 1 saturated carbocycles. The van der Waals surface area contributed by atoms with E-state index in [0.29, 0.717) is 54.1 Å². The zero-order chi connectivity index (χ0) is 24.2. The molecule has 1 saturated heterocycles. The van der Waals surface area contributed by atoms with Gasteiger partial charge in [-0.2, -0.15) is 0 Å². The fourth-order valence-corrected chi connectivity index (χ4v) is 4.50. The van der Waals surface area contributed by atoms with Gasteiger partial charge in [-0.15, -0.1) is 0 Å².